The second-order valence-corrected chi connectivity index (χ2v) is 17.8. The second kappa shape index (κ2) is 17.9. The van der Waals surface area contributed by atoms with Crippen molar-refractivity contribution in [3.63, 3.8) is 0 Å². The minimum absolute atomic E-state index is 0.00980. The summed E-state index contributed by atoms with van der Waals surface area (Å²) in [7, 11) is 0. The zero-order valence-electron chi connectivity index (χ0n) is 35.8. The molecule has 66 heavy (non-hydrogen) atoms. The maximum absolute atomic E-state index is 14.7. The first kappa shape index (κ1) is 44.9. The first-order chi connectivity index (χ1) is 31.7. The number of phenolic OH excluding ortho intramolecular Hbond substituents is 2. The Morgan fingerprint density at radius 3 is 2.59 bits per heavy atom. The molecule has 18 nitrogen and oxygen atoms in total. The Kier molecular flexibility index (Phi) is 12.2. The molecule has 348 valence electrons. The molecular formula is C48H54N6O12. The number of aliphatic carboxylic acids is 1. The number of ether oxygens (including phenoxy) is 2. The highest BCUT2D eigenvalue weighted by Crippen LogP contribution is 2.59. The number of aromatic hydroxyl groups is 2. The number of rotatable bonds is 14. The number of H-pyrrole nitrogens is 2. The second-order valence-electron chi connectivity index (χ2n) is 17.8. The van der Waals surface area contributed by atoms with Crippen LogP contribution in [-0.4, -0.2) is 123 Å². The highest BCUT2D eigenvalue weighted by Gasteiger charge is 2.58. The highest BCUT2D eigenvalue weighted by atomic mass is 16.8. The molecule has 0 unspecified atom stereocenters. The number of carboxylic acids is 1. The van der Waals surface area contributed by atoms with Crippen LogP contribution in [0, 0.1) is 5.92 Å². The van der Waals surface area contributed by atoms with Gasteiger partial charge in [0.2, 0.25) is 0 Å². The van der Waals surface area contributed by atoms with E-state index in [4.69, 9.17) is 15.2 Å². The number of nitrogens with one attached hydrogen (secondary N) is 3. The average Bonchev–Trinajstić information content (AvgIpc) is 4.12. The number of carboxylic acid groups (broad SMARTS) is 1. The number of fused-ring (bicyclic) bond motifs is 4. The summed E-state index contributed by atoms with van der Waals surface area (Å²) in [6.07, 6.45) is 2.64. The topological polar surface area (TPSA) is 300 Å². The predicted molar refractivity (Wildman–Crippen MR) is 239 cm³/mol. The van der Waals surface area contributed by atoms with Gasteiger partial charge in [-0.15, -0.1) is 0 Å². The van der Waals surface area contributed by atoms with Crippen LogP contribution in [0.5, 0.6) is 17.2 Å². The number of benzene rings is 3. The van der Waals surface area contributed by atoms with E-state index in [1.54, 1.807) is 18.5 Å². The lowest BCUT2D eigenvalue weighted by Gasteiger charge is -2.46. The molecule has 0 spiro atoms. The minimum Gasteiger partial charge on any atom is -0.508 e. The Morgan fingerprint density at radius 1 is 1.00 bits per heavy atom. The van der Waals surface area contributed by atoms with Crippen LogP contribution in [0.15, 0.2) is 85.3 Å². The number of aryl methyl sites for hydroxylation is 1. The molecule has 1 amide bonds. The molecule has 5 aromatic rings. The van der Waals surface area contributed by atoms with Crippen molar-refractivity contribution in [2.24, 2.45) is 11.7 Å². The van der Waals surface area contributed by atoms with Crippen LogP contribution < -0.4 is 20.7 Å². The van der Waals surface area contributed by atoms with Crippen LogP contribution in [0.25, 0.3) is 6.08 Å². The van der Waals surface area contributed by atoms with Crippen LogP contribution >= 0.6 is 0 Å². The normalized spacial score (nSPS) is 29.1. The molecule has 2 aliphatic carbocycles. The third-order valence-electron chi connectivity index (χ3n) is 14.1. The largest absolute Gasteiger partial charge is 0.508 e. The lowest BCUT2D eigenvalue weighted by molar-refractivity contribution is -0.422. The van der Waals surface area contributed by atoms with Gasteiger partial charge < -0.3 is 71.3 Å². The summed E-state index contributed by atoms with van der Waals surface area (Å²) in [6.45, 7) is -0.285. The van der Waals surface area contributed by atoms with E-state index in [-0.39, 0.29) is 35.4 Å². The van der Waals surface area contributed by atoms with E-state index in [1.165, 1.54) is 24.3 Å². The van der Waals surface area contributed by atoms with Crippen LogP contribution in [0.2, 0.25) is 0 Å². The Hall–Kier alpha value is -6.25. The number of carbonyl (C=O) groups excluding carboxylic acids is 1. The van der Waals surface area contributed by atoms with E-state index >= 15 is 0 Å². The quantitative estimate of drug-likeness (QED) is 0.0563. The van der Waals surface area contributed by atoms with Gasteiger partial charge in [0.1, 0.15) is 35.9 Å². The van der Waals surface area contributed by atoms with Crippen molar-refractivity contribution >= 4 is 29.5 Å². The number of carbonyl (C=O) groups is 2. The molecule has 1 saturated carbocycles. The fourth-order valence-corrected chi connectivity index (χ4v) is 10.9. The van der Waals surface area contributed by atoms with Gasteiger partial charge in [-0.3, -0.25) is 9.69 Å². The van der Waals surface area contributed by atoms with Crippen molar-refractivity contribution in [2.75, 3.05) is 23.4 Å². The number of imidazole rings is 1. The van der Waals surface area contributed by atoms with E-state index in [0.717, 1.165) is 58.6 Å². The standard InChI is InChI=1S/C48H54N6O12/c49-39-13-11-28-10-9-26-4-1-2-5-31(26)47(28,39)22-30-29-20-36(57)37(65-48(64)45(61)44(60)43(59)38(23-55)66-48)21-34(29)54(42(30)46(62)63)41(58)14-8-25-7-12-35(56)27(18-25)19-33-32(52-24-53-33)15-17-51-40-6-3-16-50-40/h1-8,12,14,16,18,20-21,24,28,30,38-39,42-45,50-51,55-57,59-61,64H,9-11,13,15,17,19,22-23,49H2,(H,52,53)(H,62,63)/b14-8+/t28-,30+,38+,39-,42+,43+,44-,45+,47+,48-/m0/s1. The number of anilines is 2. The fourth-order valence-electron chi connectivity index (χ4n) is 10.9. The van der Waals surface area contributed by atoms with Gasteiger partial charge in [-0.1, -0.05) is 30.3 Å². The first-order valence-electron chi connectivity index (χ1n) is 22.1. The summed E-state index contributed by atoms with van der Waals surface area (Å²) >= 11 is 0. The number of aromatic nitrogens is 3. The van der Waals surface area contributed by atoms with E-state index in [1.807, 2.05) is 36.5 Å². The lowest BCUT2D eigenvalue weighted by atomic mass is 9.59. The lowest BCUT2D eigenvalue weighted by Crippen LogP contribution is -2.67. The maximum atomic E-state index is 14.7. The van der Waals surface area contributed by atoms with Gasteiger partial charge in [0.25, 0.3) is 5.91 Å². The summed E-state index contributed by atoms with van der Waals surface area (Å²) in [4.78, 5) is 40.2. The summed E-state index contributed by atoms with van der Waals surface area (Å²) < 4.78 is 10.9. The smallest absolute Gasteiger partial charge is 0.355 e. The number of phenols is 2. The molecule has 2 fully saturated rings. The van der Waals surface area contributed by atoms with Crippen LogP contribution in [-0.2, 0) is 39.0 Å². The number of aliphatic hydroxyl groups excluding tert-OH is 4. The zero-order chi connectivity index (χ0) is 46.5. The number of aromatic amines is 2. The number of nitrogens with two attached hydrogens (primary N) is 1. The molecule has 2 aliphatic heterocycles. The summed E-state index contributed by atoms with van der Waals surface area (Å²) in [6, 6.07) is 17.2. The first-order valence-corrected chi connectivity index (χ1v) is 22.1. The Morgan fingerprint density at radius 2 is 1.82 bits per heavy atom. The Labute approximate surface area is 379 Å². The molecule has 1 saturated heterocycles. The van der Waals surface area contributed by atoms with Gasteiger partial charge in [0, 0.05) is 66.4 Å². The monoisotopic (exact) mass is 906 g/mol. The predicted octanol–water partition coefficient (Wildman–Crippen LogP) is 2.50. The molecule has 4 heterocycles. The van der Waals surface area contributed by atoms with Gasteiger partial charge in [-0.2, -0.15) is 0 Å². The van der Waals surface area contributed by atoms with Crippen LogP contribution in [0.3, 0.4) is 0 Å². The molecule has 18 heteroatoms. The molecule has 10 atom stereocenters. The molecular weight excluding hydrogens is 853 g/mol. The van der Waals surface area contributed by atoms with Crippen LogP contribution in [0.4, 0.5) is 11.5 Å². The van der Waals surface area contributed by atoms with Gasteiger partial charge in [0.05, 0.1) is 24.3 Å². The molecule has 2 aromatic heterocycles. The summed E-state index contributed by atoms with van der Waals surface area (Å²) in [5.41, 5.74) is 11.5. The van der Waals surface area contributed by atoms with E-state index in [2.05, 4.69) is 26.3 Å². The molecule has 4 aliphatic rings. The number of hydrogen-bond acceptors (Lipinski definition) is 14. The van der Waals surface area contributed by atoms with Gasteiger partial charge in [-0.05, 0) is 96.7 Å². The third kappa shape index (κ3) is 7.97. The average molecular weight is 907 g/mol. The zero-order valence-corrected chi connectivity index (χ0v) is 35.8. The van der Waals surface area contributed by atoms with Crippen LogP contribution in [0.1, 0.15) is 70.8 Å². The Bertz CT molecular complexity index is 2620. The van der Waals surface area contributed by atoms with Crippen molar-refractivity contribution in [2.45, 2.75) is 98.8 Å². The number of nitrogens with zero attached hydrogens (tertiary/aromatic N) is 2. The number of amides is 1. The van der Waals surface area contributed by atoms with E-state index < -0.39 is 77.7 Å². The molecule has 9 rings (SSSR count). The minimum atomic E-state index is -3.13. The van der Waals surface area contributed by atoms with Crippen molar-refractivity contribution in [3.8, 4) is 17.2 Å². The van der Waals surface area contributed by atoms with Crippen molar-refractivity contribution in [3.05, 3.63) is 125 Å². The van der Waals surface area contributed by atoms with E-state index in [9.17, 15) is 50.4 Å². The van der Waals surface area contributed by atoms with Crippen molar-refractivity contribution < 1.29 is 59.9 Å². The Balaban J connectivity index is 1.06. The van der Waals surface area contributed by atoms with Gasteiger partial charge >= 0.3 is 11.9 Å². The van der Waals surface area contributed by atoms with Crippen molar-refractivity contribution in [1.29, 1.82) is 0 Å². The molecule has 0 radical (unpaired) electrons. The van der Waals surface area contributed by atoms with E-state index in [0.29, 0.717) is 36.9 Å². The number of hydrogen-bond donors (Lipinski definition) is 12. The van der Waals surface area contributed by atoms with Crippen molar-refractivity contribution in [1.82, 2.24) is 15.0 Å². The summed E-state index contributed by atoms with van der Waals surface area (Å²) in [5.74, 6) is -6.33. The van der Waals surface area contributed by atoms with Gasteiger partial charge in [-0.25, -0.2) is 9.78 Å². The fraction of sp³-hybridized carbons (Fsp3) is 0.396. The highest BCUT2D eigenvalue weighted by molar-refractivity contribution is 6.10. The number of aliphatic hydroxyl groups is 5. The molecule has 13 N–H and O–H groups in total. The third-order valence-corrected chi connectivity index (χ3v) is 14.1. The summed E-state index contributed by atoms with van der Waals surface area (Å²) in [5, 5.41) is 89.7. The molecule has 0 bridgehead atoms. The molecule has 3 aromatic carbocycles. The maximum Gasteiger partial charge on any atom is 0.355 e. The van der Waals surface area contributed by atoms with Gasteiger partial charge in [0.15, 0.2) is 17.6 Å². The SMILES string of the molecule is N[C@H]1CC[C@@H]2CCc3ccccc3[C@@]21C[C@@H]1c2cc(O)c(O[C@]3(O)O[C@H](CO)[C@@H](O)[C@H](O)[C@H]3O)cc2N(C(=O)/C=C/c2ccc(O)c(Cc3[nH]cnc3CCNc3ccc[nH]3)c2)[C@H]1C(=O)O.